The van der Waals surface area contributed by atoms with Gasteiger partial charge < -0.3 is 4.74 Å². The third kappa shape index (κ3) is 4.67. The maximum atomic E-state index is 12.8. The average Bonchev–Trinajstić information content (AvgIpc) is 2.94. The summed E-state index contributed by atoms with van der Waals surface area (Å²) >= 11 is 4.94. The second kappa shape index (κ2) is 8.13. The molecule has 0 bridgehead atoms. The lowest BCUT2D eigenvalue weighted by atomic mass is 10.1. The van der Waals surface area contributed by atoms with Crippen molar-refractivity contribution in [3.05, 3.63) is 69.8 Å². The predicted octanol–water partition coefficient (Wildman–Crippen LogP) is 6.39. The van der Waals surface area contributed by atoms with Gasteiger partial charge in [-0.05, 0) is 71.0 Å². The zero-order valence-corrected chi connectivity index (χ0v) is 19.0. The second-order valence-corrected chi connectivity index (χ2v) is 9.61. The summed E-state index contributed by atoms with van der Waals surface area (Å²) in [5, 5.41) is 4.67. The first-order valence-electron chi connectivity index (χ1n) is 8.97. The lowest BCUT2D eigenvalue weighted by molar-refractivity contribution is 0.0704. The molecule has 0 saturated heterocycles. The van der Waals surface area contributed by atoms with Crippen molar-refractivity contribution in [3.63, 3.8) is 0 Å². The maximum absolute atomic E-state index is 12.8. The van der Waals surface area contributed by atoms with Gasteiger partial charge in [-0.2, -0.15) is 5.10 Å². The van der Waals surface area contributed by atoms with Gasteiger partial charge in [0.05, 0.1) is 21.7 Å². The molecular formula is C22H23BrN2O2S. The fourth-order valence-corrected chi connectivity index (χ4v) is 3.79. The van der Waals surface area contributed by atoms with Crippen LogP contribution in [0.4, 0.5) is 0 Å². The Kier molecular flexibility index (Phi) is 6.01. The molecular weight excluding hydrogens is 436 g/mol. The Labute approximate surface area is 178 Å². The molecule has 0 radical (unpaired) electrons. The molecule has 4 nitrogen and oxygen atoms in total. The van der Waals surface area contributed by atoms with Gasteiger partial charge in [-0.1, -0.05) is 45.4 Å². The summed E-state index contributed by atoms with van der Waals surface area (Å²) in [7, 11) is 0. The van der Waals surface area contributed by atoms with E-state index in [0.29, 0.717) is 11.4 Å². The van der Waals surface area contributed by atoms with Crippen LogP contribution in [0.3, 0.4) is 0 Å². The SMILES string of the molecule is Cc1ccc(Sc2c(C)nn(C(C)(C)C)c2OC(=O)c2ccc(Br)cc2)cc1. The molecule has 0 N–H and O–H groups in total. The van der Waals surface area contributed by atoms with Gasteiger partial charge in [0.25, 0.3) is 0 Å². The van der Waals surface area contributed by atoms with E-state index in [1.54, 1.807) is 28.6 Å². The fraction of sp³-hybridized carbons (Fsp3) is 0.273. The number of benzene rings is 2. The standard InChI is InChI=1S/C22H23BrN2O2S/c1-14-6-12-18(13-7-14)28-19-15(2)24-25(22(3,4)5)20(19)27-21(26)16-8-10-17(23)11-9-16/h6-13H,1-5H3. The Morgan fingerprint density at radius 3 is 2.21 bits per heavy atom. The molecule has 0 aliphatic carbocycles. The number of aromatic nitrogens is 2. The number of ether oxygens (including phenoxy) is 1. The molecule has 3 rings (SSSR count). The summed E-state index contributed by atoms with van der Waals surface area (Å²) in [5.74, 6) is 0.0761. The molecule has 1 heterocycles. The first kappa shape index (κ1) is 20.7. The number of halogens is 1. The highest BCUT2D eigenvalue weighted by Gasteiger charge is 2.27. The van der Waals surface area contributed by atoms with E-state index in [2.05, 4.69) is 52.2 Å². The van der Waals surface area contributed by atoms with Crippen molar-refractivity contribution in [1.29, 1.82) is 0 Å². The van der Waals surface area contributed by atoms with Crippen molar-refractivity contribution in [1.82, 2.24) is 9.78 Å². The molecule has 6 heteroatoms. The molecule has 0 atom stereocenters. The summed E-state index contributed by atoms with van der Waals surface area (Å²) < 4.78 is 8.57. The highest BCUT2D eigenvalue weighted by Crippen LogP contribution is 2.40. The minimum absolute atomic E-state index is 0.327. The van der Waals surface area contributed by atoms with Crippen molar-refractivity contribution in [2.75, 3.05) is 0 Å². The van der Waals surface area contributed by atoms with Gasteiger partial charge >= 0.3 is 5.97 Å². The molecule has 0 fully saturated rings. The van der Waals surface area contributed by atoms with Crippen LogP contribution in [0.15, 0.2) is 62.8 Å². The van der Waals surface area contributed by atoms with Crippen molar-refractivity contribution >= 4 is 33.7 Å². The third-order valence-electron chi connectivity index (χ3n) is 4.11. The normalized spacial score (nSPS) is 11.5. The molecule has 0 amide bonds. The molecule has 0 spiro atoms. The van der Waals surface area contributed by atoms with Crippen LogP contribution in [0.2, 0.25) is 0 Å². The average molecular weight is 459 g/mol. The summed E-state index contributed by atoms with van der Waals surface area (Å²) in [5.41, 5.74) is 2.20. The lowest BCUT2D eigenvalue weighted by Crippen LogP contribution is -2.25. The summed E-state index contributed by atoms with van der Waals surface area (Å²) in [6.45, 7) is 10.1. The van der Waals surface area contributed by atoms with Gasteiger partial charge in [0.2, 0.25) is 5.88 Å². The summed E-state index contributed by atoms with van der Waals surface area (Å²) in [6.07, 6.45) is 0. The Balaban J connectivity index is 2.00. The molecule has 1 aromatic heterocycles. The minimum Gasteiger partial charge on any atom is -0.403 e. The van der Waals surface area contributed by atoms with Gasteiger partial charge in [0.15, 0.2) is 0 Å². The topological polar surface area (TPSA) is 44.1 Å². The van der Waals surface area contributed by atoms with Crippen molar-refractivity contribution < 1.29 is 9.53 Å². The van der Waals surface area contributed by atoms with Crippen LogP contribution in [0, 0.1) is 13.8 Å². The number of carbonyl (C=O) groups is 1. The van der Waals surface area contributed by atoms with Crippen LogP contribution in [-0.4, -0.2) is 15.7 Å². The second-order valence-electron chi connectivity index (χ2n) is 7.61. The predicted molar refractivity (Wildman–Crippen MR) is 116 cm³/mol. The lowest BCUT2D eigenvalue weighted by Gasteiger charge is -2.22. The maximum Gasteiger partial charge on any atom is 0.344 e. The Hall–Kier alpha value is -2.05. The zero-order chi connectivity index (χ0) is 20.5. The summed E-state index contributed by atoms with van der Waals surface area (Å²) in [6, 6.07) is 15.4. The molecule has 0 aliphatic rings. The Morgan fingerprint density at radius 2 is 1.64 bits per heavy atom. The van der Waals surface area contributed by atoms with Crippen LogP contribution in [0.1, 0.15) is 42.4 Å². The number of nitrogens with zero attached hydrogens (tertiary/aromatic N) is 2. The number of hydrogen-bond donors (Lipinski definition) is 0. The van der Waals surface area contributed by atoms with Crippen LogP contribution in [0.5, 0.6) is 5.88 Å². The number of esters is 1. The van der Waals surface area contributed by atoms with Crippen molar-refractivity contribution in [2.24, 2.45) is 0 Å². The number of carbonyl (C=O) groups excluding carboxylic acids is 1. The summed E-state index contributed by atoms with van der Waals surface area (Å²) in [4.78, 5) is 14.7. The van der Waals surface area contributed by atoms with Crippen LogP contribution < -0.4 is 4.74 Å². The minimum atomic E-state index is -0.399. The van der Waals surface area contributed by atoms with E-state index in [0.717, 1.165) is 20.0 Å². The Bertz CT molecular complexity index is 987. The third-order valence-corrected chi connectivity index (χ3v) is 5.82. The first-order chi connectivity index (χ1) is 13.1. The molecule has 0 aliphatic heterocycles. The molecule has 2 aromatic carbocycles. The molecule has 3 aromatic rings. The number of aryl methyl sites for hydroxylation is 2. The smallest absolute Gasteiger partial charge is 0.344 e. The largest absolute Gasteiger partial charge is 0.403 e. The van der Waals surface area contributed by atoms with Gasteiger partial charge in [-0.3, -0.25) is 0 Å². The van der Waals surface area contributed by atoms with Crippen molar-refractivity contribution in [3.8, 4) is 5.88 Å². The monoisotopic (exact) mass is 458 g/mol. The van der Waals surface area contributed by atoms with Crippen molar-refractivity contribution in [2.45, 2.75) is 49.9 Å². The molecule has 0 unspecified atom stereocenters. The van der Waals surface area contributed by atoms with E-state index in [1.165, 1.54) is 5.56 Å². The van der Waals surface area contributed by atoms with E-state index < -0.39 is 5.97 Å². The Morgan fingerprint density at radius 1 is 1.04 bits per heavy atom. The highest BCUT2D eigenvalue weighted by atomic mass is 79.9. The van der Waals surface area contributed by atoms with Gasteiger partial charge in [0, 0.05) is 9.37 Å². The molecule has 28 heavy (non-hydrogen) atoms. The zero-order valence-electron chi connectivity index (χ0n) is 16.6. The fourth-order valence-electron chi connectivity index (χ4n) is 2.61. The van der Waals surface area contributed by atoms with E-state index in [-0.39, 0.29) is 5.54 Å². The van der Waals surface area contributed by atoms with E-state index in [1.807, 2.05) is 39.8 Å². The first-order valence-corrected chi connectivity index (χ1v) is 10.6. The number of hydrogen-bond acceptors (Lipinski definition) is 4. The van der Waals surface area contributed by atoms with Crippen LogP contribution in [-0.2, 0) is 5.54 Å². The molecule has 0 saturated carbocycles. The van der Waals surface area contributed by atoms with E-state index in [4.69, 9.17) is 4.74 Å². The highest BCUT2D eigenvalue weighted by molar-refractivity contribution is 9.10. The van der Waals surface area contributed by atoms with Gasteiger partial charge in [0.1, 0.15) is 0 Å². The van der Waals surface area contributed by atoms with Gasteiger partial charge in [-0.25, -0.2) is 9.48 Å². The molecule has 146 valence electrons. The van der Waals surface area contributed by atoms with Crippen LogP contribution in [0.25, 0.3) is 0 Å². The van der Waals surface area contributed by atoms with E-state index in [9.17, 15) is 4.79 Å². The van der Waals surface area contributed by atoms with E-state index >= 15 is 0 Å². The van der Waals surface area contributed by atoms with Crippen LogP contribution >= 0.6 is 27.7 Å². The quantitative estimate of drug-likeness (QED) is 0.424. The van der Waals surface area contributed by atoms with Gasteiger partial charge in [-0.15, -0.1) is 0 Å². The number of rotatable bonds is 4.